The molecule has 1 saturated heterocycles. The van der Waals surface area contributed by atoms with Gasteiger partial charge in [0.05, 0.1) is 19.3 Å². The second kappa shape index (κ2) is 5.93. The molecule has 114 valence electrons. The number of ether oxygens (including phenoxy) is 2. The third-order valence-electron chi connectivity index (χ3n) is 5.04. The molecule has 0 amide bonds. The molecule has 1 aromatic rings. The maximum atomic E-state index is 6.00. The van der Waals surface area contributed by atoms with Gasteiger partial charge in [-0.3, -0.25) is 4.90 Å². The zero-order chi connectivity index (χ0) is 14.1. The maximum absolute atomic E-state index is 6.00. The number of morpholine rings is 1. The van der Waals surface area contributed by atoms with Crippen LogP contribution in [0.4, 0.5) is 0 Å². The van der Waals surface area contributed by atoms with Crippen molar-refractivity contribution in [2.45, 2.75) is 37.8 Å². The van der Waals surface area contributed by atoms with Gasteiger partial charge in [0.1, 0.15) is 0 Å². The predicted molar refractivity (Wildman–Crippen MR) is 80.3 cm³/mol. The first kappa shape index (κ1) is 13.5. The highest BCUT2D eigenvalue weighted by Crippen LogP contribution is 2.37. The molecule has 3 aliphatic rings. The number of nitrogens with zero attached hydrogens (tertiary/aromatic N) is 2. The molecule has 21 heavy (non-hydrogen) atoms. The summed E-state index contributed by atoms with van der Waals surface area (Å²) in [6.45, 7) is 4.08. The van der Waals surface area contributed by atoms with Gasteiger partial charge < -0.3 is 9.47 Å². The molecule has 1 aromatic heterocycles. The number of hydrogen-bond acceptors (Lipinski definition) is 4. The average molecular weight is 288 g/mol. The van der Waals surface area contributed by atoms with E-state index < -0.39 is 0 Å². The van der Waals surface area contributed by atoms with Gasteiger partial charge in [0.2, 0.25) is 5.88 Å². The number of hydrogen-bond donors (Lipinski definition) is 0. The van der Waals surface area contributed by atoms with Crippen molar-refractivity contribution in [2.24, 2.45) is 11.8 Å². The molecule has 4 rings (SSSR count). The monoisotopic (exact) mass is 288 g/mol. The lowest BCUT2D eigenvalue weighted by atomic mass is 10.1. The van der Waals surface area contributed by atoms with Gasteiger partial charge in [-0.2, -0.15) is 0 Å². The molecule has 3 fully saturated rings. The van der Waals surface area contributed by atoms with Crippen LogP contribution in [0.2, 0.25) is 0 Å². The molecule has 2 saturated carbocycles. The smallest absolute Gasteiger partial charge is 0.213 e. The van der Waals surface area contributed by atoms with Gasteiger partial charge in [0, 0.05) is 31.4 Å². The van der Waals surface area contributed by atoms with Crippen LogP contribution in [0.1, 0.15) is 25.7 Å². The minimum Gasteiger partial charge on any atom is -0.477 e. The number of rotatable bonds is 5. The topological polar surface area (TPSA) is 34.6 Å². The van der Waals surface area contributed by atoms with Crippen LogP contribution in [0.15, 0.2) is 24.4 Å². The van der Waals surface area contributed by atoms with Crippen molar-refractivity contribution < 1.29 is 9.47 Å². The van der Waals surface area contributed by atoms with Crippen molar-refractivity contribution >= 4 is 0 Å². The minimum atomic E-state index is 0.426. The van der Waals surface area contributed by atoms with Crippen molar-refractivity contribution in [3.8, 4) is 5.88 Å². The summed E-state index contributed by atoms with van der Waals surface area (Å²) >= 11 is 0. The largest absolute Gasteiger partial charge is 0.477 e. The number of pyridine rings is 1. The van der Waals surface area contributed by atoms with Gasteiger partial charge in [-0.15, -0.1) is 0 Å². The van der Waals surface area contributed by atoms with E-state index in [1.54, 1.807) is 6.20 Å². The van der Waals surface area contributed by atoms with Gasteiger partial charge in [0.15, 0.2) is 0 Å². The van der Waals surface area contributed by atoms with Crippen molar-refractivity contribution in [1.29, 1.82) is 0 Å². The molecule has 0 N–H and O–H groups in total. The molecule has 0 aromatic carbocycles. The predicted octanol–water partition coefficient (Wildman–Crippen LogP) is 2.35. The molecule has 2 heterocycles. The Morgan fingerprint density at radius 1 is 1.24 bits per heavy atom. The molecule has 2 aliphatic carbocycles. The van der Waals surface area contributed by atoms with E-state index in [4.69, 9.17) is 9.47 Å². The fourth-order valence-electron chi connectivity index (χ4n) is 3.76. The fourth-order valence-corrected chi connectivity index (χ4v) is 3.76. The van der Waals surface area contributed by atoms with Gasteiger partial charge >= 0.3 is 0 Å². The van der Waals surface area contributed by atoms with Crippen molar-refractivity contribution in [3.05, 3.63) is 24.4 Å². The summed E-state index contributed by atoms with van der Waals surface area (Å²) < 4.78 is 11.8. The lowest BCUT2D eigenvalue weighted by Gasteiger charge is -2.37. The third kappa shape index (κ3) is 3.22. The van der Waals surface area contributed by atoms with Crippen LogP contribution in [-0.4, -0.2) is 48.3 Å². The summed E-state index contributed by atoms with van der Waals surface area (Å²) in [6, 6.07) is 6.44. The van der Waals surface area contributed by atoms with Gasteiger partial charge in [-0.1, -0.05) is 6.07 Å². The van der Waals surface area contributed by atoms with E-state index in [9.17, 15) is 0 Å². The summed E-state index contributed by atoms with van der Waals surface area (Å²) in [5.74, 6) is 2.30. The summed E-state index contributed by atoms with van der Waals surface area (Å²) in [5.41, 5.74) is 0. The van der Waals surface area contributed by atoms with Crippen molar-refractivity contribution in [3.63, 3.8) is 0 Å². The zero-order valence-electron chi connectivity index (χ0n) is 12.5. The standard InChI is InChI=1S/C17H24N2O2/c1-2-6-18-17(3-1)21-12-14-9-15-16(10-14)20-8-7-19(15)11-13-4-5-13/h1-3,6,13-16H,4-5,7-12H2/t14-,15+,16-/m0/s1. The highest BCUT2D eigenvalue weighted by Gasteiger charge is 2.42. The Hall–Kier alpha value is -1.13. The Balaban J connectivity index is 1.32. The molecular weight excluding hydrogens is 264 g/mol. The first-order chi connectivity index (χ1) is 10.4. The van der Waals surface area contributed by atoms with Crippen molar-refractivity contribution in [1.82, 2.24) is 9.88 Å². The Morgan fingerprint density at radius 3 is 3.00 bits per heavy atom. The van der Waals surface area contributed by atoms with E-state index in [0.717, 1.165) is 38.0 Å². The lowest BCUT2D eigenvalue weighted by Crippen LogP contribution is -2.49. The van der Waals surface area contributed by atoms with Gasteiger partial charge in [0.25, 0.3) is 0 Å². The molecule has 0 bridgehead atoms. The van der Waals surface area contributed by atoms with Gasteiger partial charge in [-0.25, -0.2) is 4.98 Å². The molecular formula is C17H24N2O2. The van der Waals surface area contributed by atoms with Crippen LogP contribution in [0, 0.1) is 11.8 Å². The maximum Gasteiger partial charge on any atom is 0.213 e. The Bertz CT molecular complexity index is 463. The molecule has 1 aliphatic heterocycles. The van der Waals surface area contributed by atoms with E-state index in [0.29, 0.717) is 18.1 Å². The van der Waals surface area contributed by atoms with Crippen LogP contribution in [0.3, 0.4) is 0 Å². The minimum absolute atomic E-state index is 0.426. The van der Waals surface area contributed by atoms with Crippen LogP contribution >= 0.6 is 0 Å². The molecule has 0 radical (unpaired) electrons. The molecule has 0 spiro atoms. The van der Waals surface area contributed by atoms with Crippen LogP contribution in [-0.2, 0) is 4.74 Å². The first-order valence-corrected chi connectivity index (χ1v) is 8.28. The second-order valence-electron chi connectivity index (χ2n) is 6.73. The highest BCUT2D eigenvalue weighted by atomic mass is 16.5. The first-order valence-electron chi connectivity index (χ1n) is 8.28. The van der Waals surface area contributed by atoms with E-state index >= 15 is 0 Å². The molecule has 0 unspecified atom stereocenters. The van der Waals surface area contributed by atoms with Crippen LogP contribution < -0.4 is 4.74 Å². The lowest BCUT2D eigenvalue weighted by molar-refractivity contribution is -0.0571. The van der Waals surface area contributed by atoms with Crippen LogP contribution in [0.25, 0.3) is 0 Å². The van der Waals surface area contributed by atoms with Crippen LogP contribution in [0.5, 0.6) is 5.88 Å². The number of fused-ring (bicyclic) bond motifs is 1. The fraction of sp³-hybridized carbons (Fsp3) is 0.706. The average Bonchev–Trinajstić information content (AvgIpc) is 3.23. The zero-order valence-corrected chi connectivity index (χ0v) is 12.5. The molecule has 3 atom stereocenters. The van der Waals surface area contributed by atoms with E-state index in [1.807, 2.05) is 18.2 Å². The summed E-state index contributed by atoms with van der Waals surface area (Å²) in [7, 11) is 0. The SMILES string of the molecule is c1ccc(OC[C@@H]2C[C@@H]3OCCN(CC4CC4)[C@@H]3C2)nc1. The van der Waals surface area contributed by atoms with E-state index in [-0.39, 0.29) is 0 Å². The summed E-state index contributed by atoms with van der Waals surface area (Å²) in [5, 5.41) is 0. The highest BCUT2D eigenvalue weighted by molar-refractivity contribution is 5.09. The normalized spacial score (nSPS) is 32.9. The summed E-state index contributed by atoms with van der Waals surface area (Å²) in [6.07, 6.45) is 7.42. The molecule has 4 heteroatoms. The Kier molecular flexibility index (Phi) is 3.82. The second-order valence-corrected chi connectivity index (χ2v) is 6.73. The quantitative estimate of drug-likeness (QED) is 0.833. The van der Waals surface area contributed by atoms with Crippen molar-refractivity contribution in [2.75, 3.05) is 26.3 Å². The Morgan fingerprint density at radius 2 is 2.19 bits per heavy atom. The summed E-state index contributed by atoms with van der Waals surface area (Å²) in [4.78, 5) is 6.92. The molecule has 4 nitrogen and oxygen atoms in total. The van der Waals surface area contributed by atoms with Gasteiger partial charge in [-0.05, 0) is 43.6 Å². The Labute approximate surface area is 126 Å². The third-order valence-corrected chi connectivity index (χ3v) is 5.04. The number of aromatic nitrogens is 1. The van der Waals surface area contributed by atoms with E-state index in [1.165, 1.54) is 25.8 Å². The van der Waals surface area contributed by atoms with E-state index in [2.05, 4.69) is 9.88 Å².